The number of methoxy groups -OCH3 is 1. The molecule has 0 radical (unpaired) electrons. The van der Waals surface area contributed by atoms with Gasteiger partial charge in [-0.25, -0.2) is 0 Å². The van der Waals surface area contributed by atoms with E-state index in [1.165, 1.54) is 5.56 Å². The summed E-state index contributed by atoms with van der Waals surface area (Å²) in [7, 11) is 1.72. The van der Waals surface area contributed by atoms with Crippen molar-refractivity contribution in [2.75, 3.05) is 13.7 Å². The molecule has 2 heteroatoms. The van der Waals surface area contributed by atoms with E-state index >= 15 is 0 Å². The van der Waals surface area contributed by atoms with Crippen LogP contribution >= 0.6 is 0 Å². The number of aliphatic hydroxyl groups is 1. The fourth-order valence-electron chi connectivity index (χ4n) is 2.41. The second-order valence-corrected chi connectivity index (χ2v) is 4.24. The van der Waals surface area contributed by atoms with Crippen molar-refractivity contribution in [2.24, 2.45) is 5.92 Å². The van der Waals surface area contributed by atoms with Crippen LogP contribution in [0.2, 0.25) is 0 Å². The van der Waals surface area contributed by atoms with Crippen molar-refractivity contribution in [1.82, 2.24) is 0 Å². The fraction of sp³-hybridized carbons (Fsp3) is 0.538. The maximum absolute atomic E-state index is 10.1. The van der Waals surface area contributed by atoms with Gasteiger partial charge in [0.1, 0.15) is 0 Å². The summed E-state index contributed by atoms with van der Waals surface area (Å²) in [6.07, 6.45) is 2.83. The van der Waals surface area contributed by atoms with Crippen molar-refractivity contribution in [3.05, 3.63) is 35.4 Å². The number of hydrogen-bond acceptors (Lipinski definition) is 2. The third-order valence-corrected chi connectivity index (χ3v) is 3.23. The topological polar surface area (TPSA) is 29.5 Å². The first-order valence-corrected chi connectivity index (χ1v) is 5.57. The molecule has 0 heterocycles. The van der Waals surface area contributed by atoms with E-state index in [0.717, 1.165) is 31.4 Å². The van der Waals surface area contributed by atoms with Gasteiger partial charge >= 0.3 is 0 Å². The first-order chi connectivity index (χ1) is 7.33. The van der Waals surface area contributed by atoms with Crippen LogP contribution in [0.1, 0.15) is 30.1 Å². The molecular weight excluding hydrogens is 188 g/mol. The molecule has 0 spiro atoms. The van der Waals surface area contributed by atoms with Gasteiger partial charge < -0.3 is 9.84 Å². The Labute approximate surface area is 90.9 Å². The number of benzene rings is 1. The van der Waals surface area contributed by atoms with E-state index < -0.39 is 0 Å². The molecule has 1 aliphatic carbocycles. The minimum Gasteiger partial charge on any atom is -0.388 e. The van der Waals surface area contributed by atoms with E-state index in [2.05, 4.69) is 6.07 Å². The van der Waals surface area contributed by atoms with Crippen molar-refractivity contribution >= 4 is 0 Å². The summed E-state index contributed by atoms with van der Waals surface area (Å²) in [6, 6.07) is 8.20. The minimum atomic E-state index is -0.266. The van der Waals surface area contributed by atoms with Crippen molar-refractivity contribution in [3.63, 3.8) is 0 Å². The van der Waals surface area contributed by atoms with Gasteiger partial charge in [-0.3, -0.25) is 0 Å². The summed E-state index contributed by atoms with van der Waals surface area (Å²) in [6.45, 7) is 0.791. The average Bonchev–Trinajstić information content (AvgIpc) is 2.57. The molecule has 82 valence electrons. The molecule has 1 aromatic carbocycles. The standard InChI is InChI=1S/C13H18O2/c1-15-8-4-6-11-9-10-5-2-3-7-12(10)13(11)14/h2-3,5,7,11,13-14H,4,6,8-9H2,1H3. The van der Waals surface area contributed by atoms with Crippen LogP contribution in [0.25, 0.3) is 0 Å². The second-order valence-electron chi connectivity index (χ2n) is 4.24. The molecule has 0 saturated carbocycles. The zero-order chi connectivity index (χ0) is 10.7. The first-order valence-electron chi connectivity index (χ1n) is 5.57. The smallest absolute Gasteiger partial charge is 0.0824 e. The summed E-state index contributed by atoms with van der Waals surface area (Å²) in [5.41, 5.74) is 2.44. The zero-order valence-electron chi connectivity index (χ0n) is 9.15. The maximum atomic E-state index is 10.1. The highest BCUT2D eigenvalue weighted by molar-refractivity contribution is 5.34. The van der Waals surface area contributed by atoms with Gasteiger partial charge in [0.25, 0.3) is 0 Å². The highest BCUT2D eigenvalue weighted by Crippen LogP contribution is 2.38. The summed E-state index contributed by atoms with van der Waals surface area (Å²) >= 11 is 0. The summed E-state index contributed by atoms with van der Waals surface area (Å²) in [4.78, 5) is 0. The maximum Gasteiger partial charge on any atom is 0.0824 e. The lowest BCUT2D eigenvalue weighted by Gasteiger charge is -2.14. The second kappa shape index (κ2) is 4.77. The Kier molecular flexibility index (Phi) is 3.39. The average molecular weight is 206 g/mol. The van der Waals surface area contributed by atoms with Gasteiger partial charge in [-0.15, -0.1) is 0 Å². The molecule has 2 unspecified atom stereocenters. The van der Waals surface area contributed by atoms with Crippen LogP contribution < -0.4 is 0 Å². The predicted octanol–water partition coefficient (Wildman–Crippen LogP) is 2.32. The number of hydrogen-bond donors (Lipinski definition) is 1. The Hall–Kier alpha value is -0.860. The molecule has 2 nitrogen and oxygen atoms in total. The molecule has 0 bridgehead atoms. The van der Waals surface area contributed by atoms with E-state index in [0.29, 0.717) is 5.92 Å². The number of fused-ring (bicyclic) bond motifs is 1. The van der Waals surface area contributed by atoms with Crippen LogP contribution in [0.5, 0.6) is 0 Å². The first kappa shape index (κ1) is 10.7. The molecule has 2 rings (SSSR count). The Morgan fingerprint density at radius 3 is 2.93 bits per heavy atom. The molecule has 2 atom stereocenters. The number of rotatable bonds is 4. The zero-order valence-corrected chi connectivity index (χ0v) is 9.15. The molecule has 1 aromatic rings. The van der Waals surface area contributed by atoms with Gasteiger partial charge in [0.05, 0.1) is 6.10 Å². The Bertz CT molecular complexity index is 322. The van der Waals surface area contributed by atoms with E-state index in [4.69, 9.17) is 4.74 Å². The van der Waals surface area contributed by atoms with E-state index in [9.17, 15) is 5.11 Å². The van der Waals surface area contributed by atoms with Gasteiger partial charge in [0.2, 0.25) is 0 Å². The van der Waals surface area contributed by atoms with Crippen LogP contribution in [-0.2, 0) is 11.2 Å². The number of aliphatic hydroxyl groups excluding tert-OH is 1. The lowest BCUT2D eigenvalue weighted by molar-refractivity contribution is 0.108. The SMILES string of the molecule is COCCCC1Cc2ccccc2C1O. The van der Waals surface area contributed by atoms with Crippen molar-refractivity contribution in [2.45, 2.75) is 25.4 Å². The number of ether oxygens (including phenoxy) is 1. The third-order valence-electron chi connectivity index (χ3n) is 3.23. The van der Waals surface area contributed by atoms with Crippen LogP contribution in [0.3, 0.4) is 0 Å². The Morgan fingerprint density at radius 1 is 1.40 bits per heavy atom. The quantitative estimate of drug-likeness (QED) is 0.766. The molecule has 0 saturated heterocycles. The molecule has 0 fully saturated rings. The molecule has 15 heavy (non-hydrogen) atoms. The van der Waals surface area contributed by atoms with Gasteiger partial charge in [-0.2, -0.15) is 0 Å². The van der Waals surface area contributed by atoms with Crippen LogP contribution in [-0.4, -0.2) is 18.8 Å². The summed E-state index contributed by atoms with van der Waals surface area (Å²) < 4.78 is 5.03. The van der Waals surface area contributed by atoms with Gasteiger partial charge in [0.15, 0.2) is 0 Å². The Morgan fingerprint density at radius 2 is 2.20 bits per heavy atom. The lowest BCUT2D eigenvalue weighted by Crippen LogP contribution is -2.08. The van der Waals surface area contributed by atoms with E-state index in [1.54, 1.807) is 7.11 Å². The Balaban J connectivity index is 1.97. The molecule has 1 N–H and O–H groups in total. The predicted molar refractivity (Wildman–Crippen MR) is 59.7 cm³/mol. The largest absolute Gasteiger partial charge is 0.388 e. The molecule has 0 aromatic heterocycles. The van der Waals surface area contributed by atoms with Crippen molar-refractivity contribution in [3.8, 4) is 0 Å². The molecule has 0 amide bonds. The normalized spacial score (nSPS) is 24.1. The monoisotopic (exact) mass is 206 g/mol. The van der Waals surface area contributed by atoms with Crippen molar-refractivity contribution < 1.29 is 9.84 Å². The molecule has 0 aliphatic heterocycles. The van der Waals surface area contributed by atoms with Crippen LogP contribution in [0, 0.1) is 5.92 Å². The third kappa shape index (κ3) is 2.21. The highest BCUT2D eigenvalue weighted by Gasteiger charge is 2.29. The highest BCUT2D eigenvalue weighted by atomic mass is 16.5. The lowest BCUT2D eigenvalue weighted by atomic mass is 9.98. The van der Waals surface area contributed by atoms with Gasteiger partial charge in [-0.1, -0.05) is 24.3 Å². The van der Waals surface area contributed by atoms with E-state index in [1.807, 2.05) is 18.2 Å². The van der Waals surface area contributed by atoms with Gasteiger partial charge in [0, 0.05) is 13.7 Å². The van der Waals surface area contributed by atoms with Gasteiger partial charge in [-0.05, 0) is 36.3 Å². The molecule has 1 aliphatic rings. The van der Waals surface area contributed by atoms with Crippen molar-refractivity contribution in [1.29, 1.82) is 0 Å². The van der Waals surface area contributed by atoms with Crippen LogP contribution in [0.15, 0.2) is 24.3 Å². The molecular formula is C13H18O2. The van der Waals surface area contributed by atoms with E-state index in [-0.39, 0.29) is 6.10 Å². The summed E-state index contributed by atoms with van der Waals surface area (Å²) in [5, 5.41) is 10.1. The van der Waals surface area contributed by atoms with Crippen LogP contribution in [0.4, 0.5) is 0 Å². The summed E-state index contributed by atoms with van der Waals surface area (Å²) in [5.74, 6) is 0.387. The minimum absolute atomic E-state index is 0.266. The fourth-order valence-corrected chi connectivity index (χ4v) is 2.41.